The number of ether oxygens (including phenoxy) is 1. The van der Waals surface area contributed by atoms with Crippen LogP contribution >= 0.6 is 11.8 Å². The number of aliphatic carboxylic acids is 1. The highest BCUT2D eigenvalue weighted by Crippen LogP contribution is 2.35. The van der Waals surface area contributed by atoms with Gasteiger partial charge in [-0.1, -0.05) is 0 Å². The fourth-order valence-corrected chi connectivity index (χ4v) is 3.05. The van der Waals surface area contributed by atoms with Crippen LogP contribution in [-0.2, 0) is 9.53 Å². The van der Waals surface area contributed by atoms with Gasteiger partial charge in [0.05, 0.1) is 6.10 Å². The van der Waals surface area contributed by atoms with Crippen LogP contribution in [0.4, 0.5) is 0 Å². The average molecular weight is 216 g/mol. The summed E-state index contributed by atoms with van der Waals surface area (Å²) in [6.07, 6.45) is 5.13. The molecule has 0 aromatic heterocycles. The lowest BCUT2D eigenvalue weighted by Gasteiger charge is -2.39. The van der Waals surface area contributed by atoms with Crippen LogP contribution in [0.2, 0.25) is 0 Å². The molecule has 1 aliphatic heterocycles. The van der Waals surface area contributed by atoms with Gasteiger partial charge < -0.3 is 9.84 Å². The lowest BCUT2D eigenvalue weighted by molar-refractivity contribution is -0.177. The molecule has 2 rings (SSSR count). The second kappa shape index (κ2) is 4.11. The third kappa shape index (κ3) is 1.91. The van der Waals surface area contributed by atoms with Crippen LogP contribution in [0.15, 0.2) is 0 Å². The molecular weight excluding hydrogens is 200 g/mol. The van der Waals surface area contributed by atoms with E-state index in [0.29, 0.717) is 12.2 Å². The second-order valence-electron chi connectivity index (χ2n) is 4.13. The summed E-state index contributed by atoms with van der Waals surface area (Å²) in [7, 11) is 0. The molecule has 1 aliphatic carbocycles. The number of hydrogen-bond acceptors (Lipinski definition) is 3. The number of rotatable bonds is 3. The van der Waals surface area contributed by atoms with Crippen LogP contribution in [-0.4, -0.2) is 34.3 Å². The lowest BCUT2D eigenvalue weighted by atomic mass is 9.93. The third-order valence-electron chi connectivity index (χ3n) is 3.04. The van der Waals surface area contributed by atoms with E-state index in [1.54, 1.807) is 11.8 Å². The molecule has 0 amide bonds. The predicted octanol–water partition coefficient (Wildman–Crippen LogP) is 1.91. The molecule has 1 unspecified atom stereocenters. The van der Waals surface area contributed by atoms with Crippen LogP contribution in [0.1, 0.15) is 32.1 Å². The van der Waals surface area contributed by atoms with Gasteiger partial charge in [-0.05, 0) is 37.9 Å². The van der Waals surface area contributed by atoms with Gasteiger partial charge in [-0.2, -0.15) is 11.8 Å². The summed E-state index contributed by atoms with van der Waals surface area (Å²) in [5, 5.41) is 9.22. The van der Waals surface area contributed by atoms with Gasteiger partial charge in [0.2, 0.25) is 0 Å². The van der Waals surface area contributed by atoms with Crippen LogP contribution in [0.5, 0.6) is 0 Å². The summed E-state index contributed by atoms with van der Waals surface area (Å²) in [5.41, 5.74) is -0.867. The molecule has 0 aromatic rings. The van der Waals surface area contributed by atoms with Gasteiger partial charge in [-0.25, -0.2) is 4.79 Å². The van der Waals surface area contributed by atoms with Crippen LogP contribution in [0.3, 0.4) is 0 Å². The molecule has 1 N–H and O–H groups in total. The highest BCUT2D eigenvalue weighted by atomic mass is 32.2. The molecule has 1 saturated carbocycles. The molecule has 80 valence electrons. The summed E-state index contributed by atoms with van der Waals surface area (Å²) < 4.78 is 5.76. The number of carboxylic acid groups (broad SMARTS) is 1. The van der Waals surface area contributed by atoms with E-state index in [4.69, 9.17) is 4.74 Å². The molecule has 0 radical (unpaired) electrons. The first-order chi connectivity index (χ1) is 6.73. The fraction of sp³-hybridized carbons (Fsp3) is 0.900. The SMILES string of the molecule is O=C(O)C1(OC2CCC2)CCCSC1. The first kappa shape index (κ1) is 10.3. The minimum absolute atomic E-state index is 0.213. The Bertz CT molecular complexity index is 219. The van der Waals surface area contributed by atoms with E-state index in [-0.39, 0.29) is 6.10 Å². The van der Waals surface area contributed by atoms with Gasteiger partial charge in [-0.15, -0.1) is 0 Å². The Labute approximate surface area is 88.2 Å². The Hall–Kier alpha value is -0.220. The van der Waals surface area contributed by atoms with E-state index in [1.165, 1.54) is 6.42 Å². The minimum atomic E-state index is -0.867. The van der Waals surface area contributed by atoms with Crippen molar-refractivity contribution in [2.24, 2.45) is 0 Å². The van der Waals surface area contributed by atoms with E-state index < -0.39 is 11.6 Å². The Morgan fingerprint density at radius 2 is 2.21 bits per heavy atom. The Balaban J connectivity index is 2.00. The summed E-state index contributed by atoms with van der Waals surface area (Å²) >= 11 is 1.70. The van der Waals surface area contributed by atoms with Crippen LogP contribution in [0, 0.1) is 0 Å². The topological polar surface area (TPSA) is 46.5 Å². The molecule has 3 nitrogen and oxygen atoms in total. The Morgan fingerprint density at radius 3 is 2.64 bits per heavy atom. The molecule has 14 heavy (non-hydrogen) atoms. The van der Waals surface area contributed by atoms with Gasteiger partial charge in [-0.3, -0.25) is 0 Å². The summed E-state index contributed by atoms with van der Waals surface area (Å²) in [6, 6.07) is 0. The van der Waals surface area contributed by atoms with E-state index in [2.05, 4.69) is 0 Å². The zero-order valence-corrected chi connectivity index (χ0v) is 9.02. The first-order valence-electron chi connectivity index (χ1n) is 5.22. The van der Waals surface area contributed by atoms with E-state index >= 15 is 0 Å². The fourth-order valence-electron chi connectivity index (χ4n) is 1.89. The van der Waals surface area contributed by atoms with E-state index in [0.717, 1.165) is 25.0 Å². The normalized spacial score (nSPS) is 33.7. The van der Waals surface area contributed by atoms with Gasteiger partial charge >= 0.3 is 5.97 Å². The number of thioether (sulfide) groups is 1. The quantitative estimate of drug-likeness (QED) is 0.782. The molecule has 1 heterocycles. The second-order valence-corrected chi connectivity index (χ2v) is 5.23. The summed E-state index contributed by atoms with van der Waals surface area (Å²) in [5.74, 6) is 0.929. The van der Waals surface area contributed by atoms with E-state index in [9.17, 15) is 9.90 Å². The molecule has 4 heteroatoms. The van der Waals surface area contributed by atoms with Crippen molar-refractivity contribution in [2.75, 3.05) is 11.5 Å². The van der Waals surface area contributed by atoms with Crippen LogP contribution in [0.25, 0.3) is 0 Å². The largest absolute Gasteiger partial charge is 0.479 e. The summed E-state index contributed by atoms with van der Waals surface area (Å²) in [4.78, 5) is 11.2. The molecule has 2 fully saturated rings. The lowest BCUT2D eigenvalue weighted by Crippen LogP contribution is -2.49. The number of carboxylic acids is 1. The van der Waals surface area contributed by atoms with Crippen molar-refractivity contribution in [2.45, 2.75) is 43.8 Å². The van der Waals surface area contributed by atoms with Crippen molar-refractivity contribution in [1.29, 1.82) is 0 Å². The van der Waals surface area contributed by atoms with Crippen LogP contribution < -0.4 is 0 Å². The first-order valence-corrected chi connectivity index (χ1v) is 6.37. The highest BCUT2D eigenvalue weighted by molar-refractivity contribution is 7.99. The monoisotopic (exact) mass is 216 g/mol. The number of carbonyl (C=O) groups is 1. The third-order valence-corrected chi connectivity index (χ3v) is 4.29. The zero-order valence-electron chi connectivity index (χ0n) is 8.20. The average Bonchev–Trinajstić information content (AvgIpc) is 2.13. The molecule has 0 aromatic carbocycles. The van der Waals surface area contributed by atoms with Crippen molar-refractivity contribution in [3.8, 4) is 0 Å². The van der Waals surface area contributed by atoms with Crippen molar-refractivity contribution in [1.82, 2.24) is 0 Å². The predicted molar refractivity (Wildman–Crippen MR) is 55.6 cm³/mol. The molecule has 0 bridgehead atoms. The Kier molecular flexibility index (Phi) is 3.02. The van der Waals surface area contributed by atoms with E-state index in [1.807, 2.05) is 0 Å². The standard InChI is InChI=1S/C10H16O3S/c11-9(12)10(5-2-6-14-7-10)13-8-3-1-4-8/h8H,1-7H2,(H,11,12). The molecular formula is C10H16O3S. The van der Waals surface area contributed by atoms with Crippen molar-refractivity contribution in [3.05, 3.63) is 0 Å². The smallest absolute Gasteiger partial charge is 0.336 e. The van der Waals surface area contributed by atoms with Crippen molar-refractivity contribution in [3.63, 3.8) is 0 Å². The van der Waals surface area contributed by atoms with Gasteiger partial charge in [0, 0.05) is 5.75 Å². The van der Waals surface area contributed by atoms with Gasteiger partial charge in [0.15, 0.2) is 5.60 Å². The molecule has 1 saturated heterocycles. The maximum Gasteiger partial charge on any atom is 0.336 e. The van der Waals surface area contributed by atoms with Gasteiger partial charge in [0.1, 0.15) is 0 Å². The zero-order chi connectivity index (χ0) is 10.0. The minimum Gasteiger partial charge on any atom is -0.479 e. The molecule has 1 atom stereocenters. The molecule has 0 spiro atoms. The van der Waals surface area contributed by atoms with Crippen molar-refractivity contribution < 1.29 is 14.6 Å². The van der Waals surface area contributed by atoms with Crippen molar-refractivity contribution >= 4 is 17.7 Å². The Morgan fingerprint density at radius 1 is 1.43 bits per heavy atom. The maximum absolute atomic E-state index is 11.2. The number of hydrogen-bond donors (Lipinski definition) is 1. The maximum atomic E-state index is 11.2. The van der Waals surface area contributed by atoms with Gasteiger partial charge in [0.25, 0.3) is 0 Å². The summed E-state index contributed by atoms with van der Waals surface area (Å²) in [6.45, 7) is 0. The molecule has 2 aliphatic rings. The highest BCUT2D eigenvalue weighted by Gasteiger charge is 2.44.